The number of nitrogens with zero attached hydrogens (tertiary/aromatic N) is 4. The summed E-state index contributed by atoms with van der Waals surface area (Å²) in [7, 11) is 0. The van der Waals surface area contributed by atoms with Gasteiger partial charge in [-0.3, -0.25) is 24.1 Å². The second kappa shape index (κ2) is 27.7. The van der Waals surface area contributed by atoms with Crippen LogP contribution in [0.4, 0.5) is 9.18 Å². The Labute approximate surface area is 393 Å². The maximum atomic E-state index is 13.2. The second-order valence-electron chi connectivity index (χ2n) is 17.3. The standard InChI is InChI=1S/C17H19FN2O.C17H20N2O.C15H19N3O.3C2H6/c1-11-5-7-14(8-6-11)20-17(21)15-4-2-3-12-9-13(18)10-19-16(12)15;1-12-7-9-14(10-8-12)19-17(20)15-6-2-4-13-5-3-11-18-16(13)15;1-11-4-6-13(7-5-11)17-15(19)18-10-8-12-3-2-9-16-14(12)18;3*1-2/h2-4,9-11,14H,5-8H2,1H3,(H,20,21);2-6,11-12,14H,7-10H2,1H3,(H,19,20);2-3,8-11,13H,4-7H2,1H3,(H,17,19);3*1-2H3. The Morgan fingerprint density at radius 2 is 0.939 bits per heavy atom. The van der Waals surface area contributed by atoms with E-state index in [2.05, 4.69) is 51.7 Å². The summed E-state index contributed by atoms with van der Waals surface area (Å²) in [5, 5.41) is 12.0. The second-order valence-corrected chi connectivity index (χ2v) is 17.3. The van der Waals surface area contributed by atoms with Crippen molar-refractivity contribution in [2.75, 3.05) is 0 Å². The van der Waals surface area contributed by atoms with Gasteiger partial charge in [-0.05, 0) is 137 Å². The maximum absolute atomic E-state index is 13.2. The molecule has 9 rings (SSSR count). The highest BCUT2D eigenvalue weighted by Crippen LogP contribution is 2.27. The van der Waals surface area contributed by atoms with Crippen molar-refractivity contribution in [3.05, 3.63) is 115 Å². The Morgan fingerprint density at radius 3 is 1.45 bits per heavy atom. The number of pyridine rings is 3. The van der Waals surface area contributed by atoms with Crippen molar-refractivity contribution in [2.24, 2.45) is 17.8 Å². The highest BCUT2D eigenvalue weighted by Gasteiger charge is 2.24. The lowest BCUT2D eigenvalue weighted by Crippen LogP contribution is -2.39. The smallest absolute Gasteiger partial charge is 0.327 e. The number of carbonyl (C=O) groups excluding carboxylic acids is 3. The van der Waals surface area contributed by atoms with E-state index in [0.717, 1.165) is 97.3 Å². The molecule has 3 amide bonds. The summed E-state index contributed by atoms with van der Waals surface area (Å²) in [5.74, 6) is 1.85. The van der Waals surface area contributed by atoms with Gasteiger partial charge in [-0.15, -0.1) is 0 Å². The first-order chi connectivity index (χ1) is 32.1. The van der Waals surface area contributed by atoms with E-state index in [0.29, 0.717) is 34.1 Å². The zero-order valence-electron chi connectivity index (χ0n) is 41.1. The number of amides is 3. The lowest BCUT2D eigenvalue weighted by atomic mass is 9.87. The fraction of sp³-hybridized carbons (Fsp3) is 0.491. The number of carbonyl (C=O) groups is 3. The van der Waals surface area contributed by atoms with Gasteiger partial charge in [-0.2, -0.15) is 0 Å². The van der Waals surface area contributed by atoms with Crippen molar-refractivity contribution in [2.45, 2.75) is 157 Å². The molecule has 3 N–H and O–H groups in total. The Morgan fingerprint density at radius 1 is 0.515 bits per heavy atom. The van der Waals surface area contributed by atoms with Gasteiger partial charge in [0.2, 0.25) is 0 Å². The number of benzene rings is 2. The van der Waals surface area contributed by atoms with E-state index in [4.69, 9.17) is 0 Å². The molecule has 3 fully saturated rings. The zero-order valence-corrected chi connectivity index (χ0v) is 41.1. The number of halogens is 1. The molecule has 3 aliphatic carbocycles. The van der Waals surface area contributed by atoms with Gasteiger partial charge in [0.15, 0.2) is 0 Å². The highest BCUT2D eigenvalue weighted by atomic mass is 19.1. The quantitative estimate of drug-likeness (QED) is 0.158. The maximum Gasteiger partial charge on any atom is 0.327 e. The van der Waals surface area contributed by atoms with Crippen LogP contribution in [0.1, 0.15) is 160 Å². The van der Waals surface area contributed by atoms with E-state index in [-0.39, 0.29) is 29.7 Å². The van der Waals surface area contributed by atoms with Gasteiger partial charge in [-0.1, -0.05) is 92.6 Å². The van der Waals surface area contributed by atoms with Crippen molar-refractivity contribution in [1.82, 2.24) is 35.5 Å². The molecule has 2 aromatic carbocycles. The summed E-state index contributed by atoms with van der Waals surface area (Å²) < 4.78 is 14.8. The number of para-hydroxylation sites is 2. The lowest BCUT2D eigenvalue weighted by Gasteiger charge is -2.27. The Bertz CT molecular complexity index is 2390. The zero-order chi connectivity index (χ0) is 48.0. The minimum absolute atomic E-state index is 0.00820. The van der Waals surface area contributed by atoms with Crippen molar-refractivity contribution in [1.29, 1.82) is 0 Å². The Balaban J connectivity index is 0.000000205. The van der Waals surface area contributed by atoms with Crippen molar-refractivity contribution in [3.63, 3.8) is 0 Å². The van der Waals surface area contributed by atoms with Gasteiger partial charge >= 0.3 is 6.03 Å². The normalized spacial score (nSPS) is 20.9. The molecule has 11 heteroatoms. The largest absolute Gasteiger partial charge is 0.349 e. The number of aromatic nitrogens is 4. The molecule has 0 saturated heterocycles. The van der Waals surface area contributed by atoms with Crippen LogP contribution in [0.15, 0.2) is 97.6 Å². The van der Waals surface area contributed by atoms with Crippen LogP contribution in [0.3, 0.4) is 0 Å². The average molecular weight is 902 g/mol. The van der Waals surface area contributed by atoms with Gasteiger partial charge < -0.3 is 16.0 Å². The molecule has 10 nitrogen and oxygen atoms in total. The SMILES string of the molecule is CC.CC.CC.CC1CCC(NC(=O)c2cccc3cc(F)cnc23)CC1.CC1CCC(NC(=O)c2cccc3cccnc23)CC1.CC1CCC(NC(=O)n2ccc3cccnc32)CC1. The lowest BCUT2D eigenvalue weighted by molar-refractivity contribution is 0.0916. The number of nitrogens with one attached hydrogen (secondary N) is 3. The van der Waals surface area contributed by atoms with E-state index in [1.165, 1.54) is 31.7 Å². The third-order valence-corrected chi connectivity index (χ3v) is 12.5. The van der Waals surface area contributed by atoms with E-state index in [1.54, 1.807) is 41.4 Å². The first kappa shape index (κ1) is 52.9. The average Bonchev–Trinajstić information content (AvgIpc) is 3.80. The topological polar surface area (TPSA) is 131 Å². The molecule has 0 radical (unpaired) electrons. The fourth-order valence-electron chi connectivity index (χ4n) is 8.72. The molecular weight excluding hydrogens is 826 g/mol. The van der Waals surface area contributed by atoms with Gasteiger partial charge in [0, 0.05) is 52.9 Å². The molecule has 0 spiro atoms. The van der Waals surface area contributed by atoms with Crippen molar-refractivity contribution in [3.8, 4) is 0 Å². The van der Waals surface area contributed by atoms with Crippen LogP contribution in [0.25, 0.3) is 32.8 Å². The van der Waals surface area contributed by atoms with E-state index in [1.807, 2.05) is 90.1 Å². The Kier molecular flexibility index (Phi) is 22.2. The van der Waals surface area contributed by atoms with Gasteiger partial charge in [-0.25, -0.2) is 14.2 Å². The molecule has 0 bridgehead atoms. The summed E-state index contributed by atoms with van der Waals surface area (Å²) in [4.78, 5) is 49.9. The monoisotopic (exact) mass is 902 g/mol. The van der Waals surface area contributed by atoms with Crippen molar-refractivity contribution >= 4 is 50.7 Å². The summed E-state index contributed by atoms with van der Waals surface area (Å²) in [5.41, 5.74) is 3.27. The molecular formula is C55H76FN7O3. The van der Waals surface area contributed by atoms with Crippen LogP contribution in [-0.2, 0) is 0 Å². The molecule has 4 aromatic heterocycles. The van der Waals surface area contributed by atoms with Crippen LogP contribution >= 0.6 is 0 Å². The first-order valence-electron chi connectivity index (χ1n) is 24.8. The summed E-state index contributed by atoms with van der Waals surface area (Å²) in [6.45, 7) is 18.8. The molecule has 6 aromatic rings. The molecule has 0 aliphatic heterocycles. The number of hydrogen-bond donors (Lipinski definition) is 3. The summed E-state index contributed by atoms with van der Waals surface area (Å²) in [6, 6.07) is 22.9. The molecule has 4 heterocycles. The number of fused-ring (bicyclic) bond motifs is 3. The minimum Gasteiger partial charge on any atom is -0.349 e. The minimum atomic E-state index is -0.388. The van der Waals surface area contributed by atoms with Gasteiger partial charge in [0.05, 0.1) is 28.4 Å². The van der Waals surface area contributed by atoms with E-state index < -0.39 is 0 Å². The molecule has 0 atom stereocenters. The van der Waals surface area contributed by atoms with Crippen LogP contribution in [0.5, 0.6) is 0 Å². The van der Waals surface area contributed by atoms with Crippen LogP contribution < -0.4 is 16.0 Å². The number of rotatable bonds is 5. The third kappa shape index (κ3) is 15.2. The van der Waals surface area contributed by atoms with Crippen LogP contribution in [0, 0.1) is 23.6 Å². The molecule has 66 heavy (non-hydrogen) atoms. The molecule has 3 aliphatic rings. The third-order valence-electron chi connectivity index (χ3n) is 12.5. The number of hydrogen-bond acceptors (Lipinski definition) is 6. The predicted octanol–water partition coefficient (Wildman–Crippen LogP) is 13.5. The van der Waals surface area contributed by atoms with Crippen molar-refractivity contribution < 1.29 is 18.8 Å². The molecule has 3 saturated carbocycles. The first-order valence-corrected chi connectivity index (χ1v) is 24.8. The van der Waals surface area contributed by atoms with Gasteiger partial charge in [0.25, 0.3) is 11.8 Å². The summed E-state index contributed by atoms with van der Waals surface area (Å²) >= 11 is 0. The predicted molar refractivity (Wildman–Crippen MR) is 270 cm³/mol. The van der Waals surface area contributed by atoms with E-state index >= 15 is 0 Å². The van der Waals surface area contributed by atoms with Crippen LogP contribution in [-0.4, -0.2) is 55.5 Å². The van der Waals surface area contributed by atoms with Crippen LogP contribution in [0.2, 0.25) is 0 Å². The Hall–Kier alpha value is -5.71. The van der Waals surface area contributed by atoms with E-state index in [9.17, 15) is 18.8 Å². The molecule has 356 valence electrons. The summed E-state index contributed by atoms with van der Waals surface area (Å²) in [6.07, 6.45) is 19.9. The fourth-order valence-corrected chi connectivity index (χ4v) is 8.72. The molecule has 0 unspecified atom stereocenters. The van der Waals surface area contributed by atoms with Gasteiger partial charge in [0.1, 0.15) is 11.5 Å². The highest BCUT2D eigenvalue weighted by molar-refractivity contribution is 6.06.